The van der Waals surface area contributed by atoms with Gasteiger partial charge in [0.25, 0.3) is 0 Å². The van der Waals surface area contributed by atoms with Crippen LogP contribution in [0.4, 0.5) is 9.93 Å². The van der Waals surface area contributed by atoms with E-state index in [1.54, 1.807) is 27.0 Å². The third-order valence-electron chi connectivity index (χ3n) is 3.90. The van der Waals surface area contributed by atoms with Crippen molar-refractivity contribution in [2.75, 3.05) is 11.9 Å². The number of urea groups is 1. The summed E-state index contributed by atoms with van der Waals surface area (Å²) in [6, 6.07) is 1.45. The van der Waals surface area contributed by atoms with Gasteiger partial charge in [-0.05, 0) is 46.6 Å². The van der Waals surface area contributed by atoms with Gasteiger partial charge in [-0.3, -0.25) is 10.1 Å². The zero-order valence-electron chi connectivity index (χ0n) is 16.5. The fourth-order valence-corrected chi connectivity index (χ4v) is 3.47. The molecule has 150 valence electrons. The highest BCUT2D eigenvalue weighted by atomic mass is 32.1. The summed E-state index contributed by atoms with van der Waals surface area (Å²) >= 11 is 1.36. The van der Waals surface area contributed by atoms with Gasteiger partial charge in [-0.25, -0.2) is 19.7 Å². The summed E-state index contributed by atoms with van der Waals surface area (Å²) in [5.41, 5.74) is 1.09. The van der Waals surface area contributed by atoms with Crippen molar-refractivity contribution in [3.05, 3.63) is 23.8 Å². The summed E-state index contributed by atoms with van der Waals surface area (Å²) in [6.45, 7) is 7.49. The molecule has 28 heavy (non-hydrogen) atoms. The lowest BCUT2D eigenvalue weighted by atomic mass is 10.2. The number of thiazole rings is 1. The van der Waals surface area contributed by atoms with Crippen LogP contribution < -0.4 is 10.6 Å². The molecule has 2 aromatic rings. The molecule has 2 heterocycles. The summed E-state index contributed by atoms with van der Waals surface area (Å²) in [6.07, 6.45) is 4.16. The molecule has 1 fully saturated rings. The van der Waals surface area contributed by atoms with Crippen molar-refractivity contribution in [2.24, 2.45) is 0 Å². The SMILES string of the molecule is Cc1nc(NC(=O)NCCC(=O)OC(C)(C)C)sc1-c1ccnc(C2CC2)n1. The number of nitrogens with zero attached hydrogens (tertiary/aromatic N) is 3. The van der Waals surface area contributed by atoms with Gasteiger partial charge in [0, 0.05) is 18.7 Å². The third-order valence-corrected chi connectivity index (χ3v) is 5.00. The van der Waals surface area contributed by atoms with Gasteiger partial charge in [-0.1, -0.05) is 11.3 Å². The normalized spacial score (nSPS) is 13.9. The van der Waals surface area contributed by atoms with Gasteiger partial charge in [0.2, 0.25) is 0 Å². The van der Waals surface area contributed by atoms with E-state index in [2.05, 4.69) is 25.6 Å². The minimum absolute atomic E-state index is 0.109. The van der Waals surface area contributed by atoms with Crippen molar-refractivity contribution < 1.29 is 14.3 Å². The number of rotatable bonds is 6. The predicted octanol–water partition coefficient (Wildman–Crippen LogP) is 3.64. The second kappa shape index (κ2) is 8.22. The summed E-state index contributed by atoms with van der Waals surface area (Å²) < 4.78 is 5.20. The summed E-state index contributed by atoms with van der Waals surface area (Å²) in [5, 5.41) is 5.83. The maximum absolute atomic E-state index is 12.1. The molecule has 0 atom stereocenters. The molecule has 9 heteroatoms. The van der Waals surface area contributed by atoms with E-state index in [1.807, 2.05) is 13.0 Å². The van der Waals surface area contributed by atoms with E-state index in [0.29, 0.717) is 11.0 Å². The van der Waals surface area contributed by atoms with E-state index >= 15 is 0 Å². The number of aryl methyl sites for hydroxylation is 1. The van der Waals surface area contributed by atoms with Gasteiger partial charge in [-0.2, -0.15) is 0 Å². The molecule has 1 aliphatic carbocycles. The Kier molecular flexibility index (Phi) is 5.93. The summed E-state index contributed by atoms with van der Waals surface area (Å²) in [4.78, 5) is 38.0. The summed E-state index contributed by atoms with van der Waals surface area (Å²) in [7, 11) is 0. The van der Waals surface area contributed by atoms with Crippen molar-refractivity contribution in [3.8, 4) is 10.6 Å². The molecule has 8 nitrogen and oxygen atoms in total. The number of nitrogens with one attached hydrogen (secondary N) is 2. The first-order valence-corrected chi connectivity index (χ1v) is 10.1. The number of carbonyl (C=O) groups is 2. The molecule has 2 N–H and O–H groups in total. The topological polar surface area (TPSA) is 106 Å². The molecule has 1 aliphatic rings. The fraction of sp³-hybridized carbons (Fsp3) is 0.526. The molecular weight excluding hydrogens is 378 g/mol. The van der Waals surface area contributed by atoms with Crippen LogP contribution in [0, 0.1) is 6.92 Å². The lowest BCUT2D eigenvalue weighted by Crippen LogP contribution is -2.32. The van der Waals surface area contributed by atoms with E-state index in [1.165, 1.54) is 11.3 Å². The highest BCUT2D eigenvalue weighted by molar-refractivity contribution is 7.19. The number of hydrogen-bond acceptors (Lipinski definition) is 7. The quantitative estimate of drug-likeness (QED) is 0.713. The van der Waals surface area contributed by atoms with Crippen LogP contribution >= 0.6 is 11.3 Å². The van der Waals surface area contributed by atoms with E-state index in [9.17, 15) is 9.59 Å². The molecule has 0 spiro atoms. The van der Waals surface area contributed by atoms with Crippen LogP contribution in [0.5, 0.6) is 0 Å². The molecule has 0 radical (unpaired) electrons. The highest BCUT2D eigenvalue weighted by Crippen LogP contribution is 2.39. The first-order valence-electron chi connectivity index (χ1n) is 9.29. The first kappa shape index (κ1) is 20.2. The number of ether oxygens (including phenoxy) is 1. The minimum atomic E-state index is -0.533. The van der Waals surface area contributed by atoms with Crippen molar-refractivity contribution >= 4 is 28.5 Å². The lowest BCUT2D eigenvalue weighted by molar-refractivity contribution is -0.154. The number of carbonyl (C=O) groups excluding carboxylic acids is 2. The molecular formula is C19H25N5O3S. The molecule has 2 aromatic heterocycles. The largest absolute Gasteiger partial charge is 0.460 e. The number of esters is 1. The Labute approximate surface area is 168 Å². The zero-order valence-corrected chi connectivity index (χ0v) is 17.4. The molecule has 0 bridgehead atoms. The molecule has 0 saturated heterocycles. The lowest BCUT2D eigenvalue weighted by Gasteiger charge is -2.19. The van der Waals surface area contributed by atoms with Crippen LogP contribution in [-0.2, 0) is 9.53 Å². The van der Waals surface area contributed by atoms with Gasteiger partial charge in [0.1, 0.15) is 11.4 Å². The van der Waals surface area contributed by atoms with Crippen molar-refractivity contribution in [2.45, 2.75) is 58.5 Å². The Morgan fingerprint density at radius 1 is 1.29 bits per heavy atom. The van der Waals surface area contributed by atoms with Crippen LogP contribution in [0.25, 0.3) is 10.6 Å². The monoisotopic (exact) mass is 403 g/mol. The van der Waals surface area contributed by atoms with Gasteiger partial charge < -0.3 is 10.1 Å². The second-order valence-corrected chi connectivity index (χ2v) is 8.72. The predicted molar refractivity (Wildman–Crippen MR) is 107 cm³/mol. The fourth-order valence-electron chi connectivity index (χ4n) is 2.54. The van der Waals surface area contributed by atoms with Crippen LogP contribution in [0.3, 0.4) is 0 Å². The number of aromatic nitrogens is 3. The Balaban J connectivity index is 1.54. The van der Waals surface area contributed by atoms with Crippen molar-refractivity contribution in [3.63, 3.8) is 0 Å². The molecule has 3 rings (SSSR count). The van der Waals surface area contributed by atoms with Crippen molar-refractivity contribution in [1.82, 2.24) is 20.3 Å². The van der Waals surface area contributed by atoms with Gasteiger partial charge in [0.05, 0.1) is 22.7 Å². The second-order valence-electron chi connectivity index (χ2n) is 7.73. The molecule has 2 amide bonds. The standard InChI is InChI=1S/C19H25N5O3S/c1-11-15(13-7-9-20-16(23-13)12-5-6-12)28-18(22-11)24-17(26)21-10-8-14(25)27-19(2,3)4/h7,9,12H,5-6,8,10H2,1-4H3,(H2,21,22,24,26). The maximum Gasteiger partial charge on any atom is 0.321 e. The smallest absolute Gasteiger partial charge is 0.321 e. The van der Waals surface area contributed by atoms with Crippen molar-refractivity contribution in [1.29, 1.82) is 0 Å². The zero-order chi connectivity index (χ0) is 20.3. The first-order chi connectivity index (χ1) is 13.2. The number of hydrogen-bond donors (Lipinski definition) is 2. The maximum atomic E-state index is 12.1. The number of anilines is 1. The van der Waals surface area contributed by atoms with Crippen LogP contribution in [0.15, 0.2) is 12.3 Å². The average Bonchev–Trinajstić information content (AvgIpc) is 3.37. The Morgan fingerprint density at radius 2 is 2.04 bits per heavy atom. The third kappa shape index (κ3) is 5.72. The summed E-state index contributed by atoms with van der Waals surface area (Å²) in [5.74, 6) is 0.997. The Morgan fingerprint density at radius 3 is 2.71 bits per heavy atom. The molecule has 0 aromatic carbocycles. The van der Waals surface area contributed by atoms with E-state index < -0.39 is 11.6 Å². The van der Waals surface area contributed by atoms with E-state index in [4.69, 9.17) is 4.74 Å². The Bertz CT molecular complexity index is 871. The minimum Gasteiger partial charge on any atom is -0.460 e. The average molecular weight is 404 g/mol. The van der Waals surface area contributed by atoms with Gasteiger partial charge in [0.15, 0.2) is 5.13 Å². The van der Waals surface area contributed by atoms with E-state index in [-0.39, 0.29) is 18.9 Å². The van der Waals surface area contributed by atoms with Crippen LogP contribution in [0.1, 0.15) is 57.5 Å². The van der Waals surface area contributed by atoms with Gasteiger partial charge >= 0.3 is 12.0 Å². The Hall–Kier alpha value is -2.55. The number of amides is 2. The van der Waals surface area contributed by atoms with Crippen LogP contribution in [-0.4, -0.2) is 39.1 Å². The molecule has 0 aliphatic heterocycles. The highest BCUT2D eigenvalue weighted by Gasteiger charge is 2.27. The molecule has 1 saturated carbocycles. The van der Waals surface area contributed by atoms with Crippen LogP contribution in [0.2, 0.25) is 0 Å². The van der Waals surface area contributed by atoms with E-state index in [0.717, 1.165) is 34.9 Å². The molecule has 0 unspecified atom stereocenters. The van der Waals surface area contributed by atoms with Gasteiger partial charge in [-0.15, -0.1) is 0 Å².